The quantitative estimate of drug-likeness (QED) is 0.552. The van der Waals surface area contributed by atoms with Crippen LogP contribution in [0.1, 0.15) is 22.0 Å². The van der Waals surface area contributed by atoms with Crippen molar-refractivity contribution in [3.63, 3.8) is 0 Å². The molecule has 0 N–H and O–H groups in total. The number of hydrogen-bond donors (Lipinski definition) is 0. The summed E-state index contributed by atoms with van der Waals surface area (Å²) in [6, 6.07) is 24.9. The molecule has 3 aromatic carbocycles. The van der Waals surface area contributed by atoms with Crippen LogP contribution in [0, 0.1) is 0 Å². The molecule has 2 aliphatic rings. The van der Waals surface area contributed by atoms with Crippen molar-refractivity contribution in [2.75, 3.05) is 12.3 Å². The number of nitrogens with zero attached hydrogens (tertiary/aromatic N) is 2. The molecule has 0 unspecified atom stereocenters. The summed E-state index contributed by atoms with van der Waals surface area (Å²) in [4.78, 5) is 27.4. The monoisotopic (exact) mass is 464 g/mol. The Kier molecular flexibility index (Phi) is 5.06. The Hall–Kier alpha value is -3.10. The van der Waals surface area contributed by atoms with E-state index in [0.717, 1.165) is 4.31 Å². The van der Waals surface area contributed by atoms with Crippen LogP contribution in [0.2, 0.25) is 0 Å². The number of amides is 2. The lowest BCUT2D eigenvalue weighted by Gasteiger charge is -2.55. The number of benzene rings is 3. The zero-order valence-electron chi connectivity index (χ0n) is 17.0. The van der Waals surface area contributed by atoms with Crippen molar-refractivity contribution in [1.29, 1.82) is 0 Å². The van der Waals surface area contributed by atoms with Gasteiger partial charge in [-0.25, -0.2) is 12.7 Å². The molecule has 2 heterocycles. The minimum absolute atomic E-state index is 0.0491. The Morgan fingerprint density at radius 2 is 1.44 bits per heavy atom. The summed E-state index contributed by atoms with van der Waals surface area (Å²) in [7, 11) is -4.09. The molecule has 6 nitrogen and oxygen atoms in total. The first-order valence-electron chi connectivity index (χ1n) is 10.2. The molecule has 5 rings (SSSR count). The van der Waals surface area contributed by atoms with Crippen LogP contribution in [0.4, 0.5) is 0 Å². The highest BCUT2D eigenvalue weighted by molar-refractivity contribution is 8.02. The summed E-state index contributed by atoms with van der Waals surface area (Å²) in [5.74, 6) is -0.309. The number of thioether (sulfide) groups is 1. The molecule has 8 heteroatoms. The molecule has 2 fully saturated rings. The highest BCUT2D eigenvalue weighted by Gasteiger charge is 2.71. The molecule has 2 saturated heterocycles. The van der Waals surface area contributed by atoms with Gasteiger partial charge in [0, 0.05) is 17.9 Å². The average Bonchev–Trinajstić information content (AvgIpc) is 3.31. The van der Waals surface area contributed by atoms with Crippen molar-refractivity contribution >= 4 is 33.6 Å². The smallest absolute Gasteiger partial charge is 0.276 e. The lowest BCUT2D eigenvalue weighted by atomic mass is 9.88. The number of rotatable bonds is 4. The maximum absolute atomic E-state index is 13.7. The van der Waals surface area contributed by atoms with Crippen LogP contribution in [0.25, 0.3) is 0 Å². The van der Waals surface area contributed by atoms with E-state index < -0.39 is 26.8 Å². The van der Waals surface area contributed by atoms with Gasteiger partial charge in [-0.05, 0) is 29.8 Å². The SMILES string of the molecule is O=C(c1ccccc1)N1CCS[C@@]12C(=O)N(S(=O)(=O)c1ccccc1)[C@@H]2c1ccccc1. The topological polar surface area (TPSA) is 74.8 Å². The van der Waals surface area contributed by atoms with Crippen molar-refractivity contribution < 1.29 is 18.0 Å². The van der Waals surface area contributed by atoms with Crippen LogP contribution in [0.15, 0.2) is 95.9 Å². The van der Waals surface area contributed by atoms with Gasteiger partial charge in [0.2, 0.25) is 0 Å². The van der Waals surface area contributed by atoms with Crippen LogP contribution >= 0.6 is 11.8 Å². The zero-order valence-corrected chi connectivity index (χ0v) is 18.6. The Bertz CT molecular complexity index is 1270. The largest absolute Gasteiger partial charge is 0.312 e. The van der Waals surface area contributed by atoms with Gasteiger partial charge in [0.15, 0.2) is 4.87 Å². The molecule has 162 valence electrons. The maximum Gasteiger partial charge on any atom is 0.276 e. The third-order valence-corrected chi connectivity index (χ3v) is 9.04. The second-order valence-electron chi connectivity index (χ2n) is 7.60. The molecule has 1 spiro atoms. The van der Waals surface area contributed by atoms with E-state index in [1.54, 1.807) is 59.5 Å². The Morgan fingerprint density at radius 3 is 2.06 bits per heavy atom. The molecule has 2 aliphatic heterocycles. The van der Waals surface area contributed by atoms with E-state index >= 15 is 0 Å². The molecule has 0 saturated carbocycles. The van der Waals surface area contributed by atoms with Crippen LogP contribution in [0.3, 0.4) is 0 Å². The van der Waals surface area contributed by atoms with E-state index in [1.807, 2.05) is 24.3 Å². The van der Waals surface area contributed by atoms with E-state index in [4.69, 9.17) is 0 Å². The lowest BCUT2D eigenvalue weighted by Crippen LogP contribution is -2.73. The van der Waals surface area contributed by atoms with Crippen molar-refractivity contribution in [3.05, 3.63) is 102 Å². The van der Waals surface area contributed by atoms with Crippen LogP contribution in [-0.2, 0) is 14.8 Å². The second kappa shape index (κ2) is 7.79. The summed E-state index contributed by atoms with van der Waals surface area (Å²) in [5.41, 5.74) is 1.14. The zero-order chi connectivity index (χ0) is 22.3. The minimum atomic E-state index is -4.09. The lowest BCUT2D eigenvalue weighted by molar-refractivity contribution is -0.150. The number of sulfonamides is 1. The van der Waals surface area contributed by atoms with Crippen LogP contribution in [0.5, 0.6) is 0 Å². The third kappa shape index (κ3) is 2.97. The van der Waals surface area contributed by atoms with Gasteiger partial charge in [-0.2, -0.15) is 0 Å². The van der Waals surface area contributed by atoms with Gasteiger partial charge < -0.3 is 4.90 Å². The third-order valence-electron chi connectivity index (χ3n) is 5.83. The first-order chi connectivity index (χ1) is 15.5. The number of β-lactam (4-membered cyclic amide) rings is 1. The van der Waals surface area contributed by atoms with Crippen LogP contribution < -0.4 is 0 Å². The summed E-state index contributed by atoms with van der Waals surface area (Å²) >= 11 is 1.34. The second-order valence-corrected chi connectivity index (χ2v) is 10.7. The standard InChI is InChI=1S/C24H20N2O4S2/c27-22(19-12-6-2-7-13-19)25-16-17-31-24(25)21(18-10-4-1-5-11-18)26(23(24)28)32(29,30)20-14-8-3-9-15-20/h1-15,21H,16-17H2/t21-,24+/m1/s1. The highest BCUT2D eigenvalue weighted by atomic mass is 32.2. The molecule has 2 amide bonds. The molecule has 2 atom stereocenters. The molecule has 0 aromatic heterocycles. The number of carbonyl (C=O) groups excluding carboxylic acids is 2. The molecule has 0 aliphatic carbocycles. The summed E-state index contributed by atoms with van der Waals surface area (Å²) < 4.78 is 27.9. The van der Waals surface area contributed by atoms with Crippen molar-refractivity contribution in [2.24, 2.45) is 0 Å². The van der Waals surface area contributed by atoms with E-state index in [2.05, 4.69) is 0 Å². The van der Waals surface area contributed by atoms with Gasteiger partial charge in [0.25, 0.3) is 21.8 Å². The van der Waals surface area contributed by atoms with E-state index in [9.17, 15) is 18.0 Å². The predicted molar refractivity (Wildman–Crippen MR) is 122 cm³/mol. The Morgan fingerprint density at radius 1 is 0.875 bits per heavy atom. The van der Waals surface area contributed by atoms with Crippen molar-refractivity contribution in [1.82, 2.24) is 9.21 Å². The molecule has 32 heavy (non-hydrogen) atoms. The first-order valence-corrected chi connectivity index (χ1v) is 12.6. The van der Waals surface area contributed by atoms with Crippen molar-refractivity contribution in [2.45, 2.75) is 15.8 Å². The van der Waals surface area contributed by atoms with Gasteiger partial charge in [-0.1, -0.05) is 66.7 Å². The highest BCUT2D eigenvalue weighted by Crippen LogP contribution is 2.58. The van der Waals surface area contributed by atoms with Gasteiger partial charge in [-0.3, -0.25) is 9.59 Å². The fraction of sp³-hybridized carbons (Fsp3) is 0.167. The van der Waals surface area contributed by atoms with Gasteiger partial charge in [0.05, 0.1) is 4.90 Å². The fourth-order valence-electron chi connectivity index (χ4n) is 4.36. The van der Waals surface area contributed by atoms with Crippen LogP contribution in [-0.4, -0.2) is 46.6 Å². The molecule has 3 aromatic rings. The number of carbonyl (C=O) groups is 2. The predicted octanol–water partition coefficient (Wildman–Crippen LogP) is 3.54. The Labute approximate surface area is 190 Å². The molecular weight excluding hydrogens is 444 g/mol. The van der Waals surface area contributed by atoms with Crippen molar-refractivity contribution in [3.8, 4) is 0 Å². The van der Waals surface area contributed by atoms with E-state index in [0.29, 0.717) is 23.4 Å². The minimum Gasteiger partial charge on any atom is -0.312 e. The summed E-state index contributed by atoms with van der Waals surface area (Å²) in [6.45, 7) is 0.368. The van der Waals surface area contributed by atoms with Gasteiger partial charge in [0.1, 0.15) is 6.04 Å². The molecule has 0 bridgehead atoms. The Balaban J connectivity index is 1.63. The average molecular weight is 465 g/mol. The van der Waals surface area contributed by atoms with E-state index in [-0.39, 0.29) is 10.8 Å². The van der Waals surface area contributed by atoms with E-state index in [1.165, 1.54) is 23.9 Å². The molecular formula is C24H20N2O4S2. The fourth-order valence-corrected chi connectivity index (χ4v) is 7.66. The summed E-state index contributed by atoms with van der Waals surface area (Å²) in [5, 5.41) is 0. The maximum atomic E-state index is 13.7. The summed E-state index contributed by atoms with van der Waals surface area (Å²) in [6.07, 6.45) is 0. The van der Waals surface area contributed by atoms with Gasteiger partial charge >= 0.3 is 0 Å². The van der Waals surface area contributed by atoms with Gasteiger partial charge in [-0.15, -0.1) is 11.8 Å². The normalized spacial score (nSPS) is 22.8. The first kappa shape index (κ1) is 20.8. The molecule has 0 radical (unpaired) electrons. The number of hydrogen-bond acceptors (Lipinski definition) is 5.